The standard InChI is InChI=1S/C11H16N2O/c1-3-10(7-12-5-1)9-14-11-4-2-6-13-8-11/h2,4,6,8,10,12H,1,3,5,7,9H2. The van der Waals surface area contributed by atoms with Crippen molar-refractivity contribution < 1.29 is 4.74 Å². The number of hydrogen-bond acceptors (Lipinski definition) is 3. The van der Waals surface area contributed by atoms with Crippen molar-refractivity contribution in [3.05, 3.63) is 24.5 Å². The summed E-state index contributed by atoms with van der Waals surface area (Å²) in [6, 6.07) is 3.84. The average Bonchev–Trinajstić information content (AvgIpc) is 2.29. The summed E-state index contributed by atoms with van der Waals surface area (Å²) in [6.45, 7) is 3.04. The third kappa shape index (κ3) is 2.70. The molecule has 0 bridgehead atoms. The molecule has 1 fully saturated rings. The van der Waals surface area contributed by atoms with Gasteiger partial charge in [-0.15, -0.1) is 0 Å². The highest BCUT2D eigenvalue weighted by atomic mass is 16.5. The first kappa shape index (κ1) is 9.46. The fourth-order valence-electron chi connectivity index (χ4n) is 1.71. The molecular formula is C11H16N2O. The van der Waals surface area contributed by atoms with Crippen LogP contribution in [-0.4, -0.2) is 24.7 Å². The Bertz CT molecular complexity index is 257. The molecule has 1 aromatic rings. The molecule has 76 valence electrons. The molecule has 0 aromatic carbocycles. The molecule has 0 amide bonds. The molecule has 2 rings (SSSR count). The first-order chi connectivity index (χ1) is 6.95. The van der Waals surface area contributed by atoms with E-state index in [1.54, 1.807) is 12.4 Å². The van der Waals surface area contributed by atoms with Crippen LogP contribution in [0.4, 0.5) is 0 Å². The maximum atomic E-state index is 5.64. The molecule has 14 heavy (non-hydrogen) atoms. The molecule has 1 aliphatic heterocycles. The van der Waals surface area contributed by atoms with Gasteiger partial charge in [-0.05, 0) is 31.5 Å². The van der Waals surface area contributed by atoms with Gasteiger partial charge in [0.2, 0.25) is 0 Å². The van der Waals surface area contributed by atoms with Gasteiger partial charge in [0.15, 0.2) is 0 Å². The van der Waals surface area contributed by atoms with E-state index in [2.05, 4.69) is 10.3 Å². The van der Waals surface area contributed by atoms with Crippen LogP contribution >= 0.6 is 0 Å². The van der Waals surface area contributed by atoms with E-state index in [4.69, 9.17) is 4.74 Å². The number of aromatic nitrogens is 1. The molecule has 0 radical (unpaired) electrons. The van der Waals surface area contributed by atoms with Crippen LogP contribution in [0.25, 0.3) is 0 Å². The molecule has 0 saturated carbocycles. The number of nitrogens with zero attached hydrogens (tertiary/aromatic N) is 1. The molecular weight excluding hydrogens is 176 g/mol. The van der Waals surface area contributed by atoms with Crippen molar-refractivity contribution in [3.63, 3.8) is 0 Å². The highest BCUT2D eigenvalue weighted by Gasteiger charge is 2.13. The number of nitrogens with one attached hydrogen (secondary N) is 1. The summed E-state index contributed by atoms with van der Waals surface area (Å²) in [5.41, 5.74) is 0. The summed E-state index contributed by atoms with van der Waals surface area (Å²) in [4.78, 5) is 4.01. The van der Waals surface area contributed by atoms with Gasteiger partial charge in [-0.1, -0.05) is 0 Å². The van der Waals surface area contributed by atoms with E-state index in [0.29, 0.717) is 5.92 Å². The molecule has 2 heterocycles. The minimum Gasteiger partial charge on any atom is -0.492 e. The number of hydrogen-bond donors (Lipinski definition) is 1. The van der Waals surface area contributed by atoms with E-state index in [1.165, 1.54) is 12.8 Å². The third-order valence-electron chi connectivity index (χ3n) is 2.52. The van der Waals surface area contributed by atoms with Gasteiger partial charge in [0.25, 0.3) is 0 Å². The number of piperidine rings is 1. The van der Waals surface area contributed by atoms with Crippen LogP contribution < -0.4 is 10.1 Å². The van der Waals surface area contributed by atoms with Gasteiger partial charge in [0.05, 0.1) is 12.8 Å². The van der Waals surface area contributed by atoms with Crippen LogP contribution in [0.1, 0.15) is 12.8 Å². The fraction of sp³-hybridized carbons (Fsp3) is 0.545. The van der Waals surface area contributed by atoms with Gasteiger partial charge < -0.3 is 10.1 Å². The Morgan fingerprint density at radius 1 is 1.57 bits per heavy atom. The Balaban J connectivity index is 1.76. The zero-order valence-corrected chi connectivity index (χ0v) is 8.28. The maximum absolute atomic E-state index is 5.64. The minimum absolute atomic E-state index is 0.656. The zero-order valence-electron chi connectivity index (χ0n) is 8.28. The summed E-state index contributed by atoms with van der Waals surface area (Å²) < 4.78 is 5.64. The molecule has 3 nitrogen and oxygen atoms in total. The third-order valence-corrected chi connectivity index (χ3v) is 2.52. The van der Waals surface area contributed by atoms with Crippen molar-refractivity contribution in [2.45, 2.75) is 12.8 Å². The summed E-state index contributed by atoms with van der Waals surface area (Å²) >= 11 is 0. The number of pyridine rings is 1. The number of rotatable bonds is 3. The van der Waals surface area contributed by atoms with Crippen LogP contribution in [-0.2, 0) is 0 Å². The second-order valence-corrected chi connectivity index (χ2v) is 3.71. The van der Waals surface area contributed by atoms with Gasteiger partial charge in [-0.25, -0.2) is 0 Å². The van der Waals surface area contributed by atoms with Gasteiger partial charge >= 0.3 is 0 Å². The van der Waals surface area contributed by atoms with Crippen molar-refractivity contribution in [3.8, 4) is 5.75 Å². The van der Waals surface area contributed by atoms with Crippen LogP contribution in [0.15, 0.2) is 24.5 Å². The van der Waals surface area contributed by atoms with Crippen molar-refractivity contribution in [2.75, 3.05) is 19.7 Å². The van der Waals surface area contributed by atoms with E-state index >= 15 is 0 Å². The first-order valence-corrected chi connectivity index (χ1v) is 5.19. The largest absolute Gasteiger partial charge is 0.492 e. The Morgan fingerprint density at radius 3 is 3.29 bits per heavy atom. The van der Waals surface area contributed by atoms with Crippen molar-refractivity contribution in [2.24, 2.45) is 5.92 Å². The predicted octanol–water partition coefficient (Wildman–Crippen LogP) is 1.46. The number of ether oxygens (including phenoxy) is 1. The van der Waals surface area contributed by atoms with Gasteiger partial charge in [0.1, 0.15) is 5.75 Å². The molecule has 1 aromatic heterocycles. The fourth-order valence-corrected chi connectivity index (χ4v) is 1.71. The van der Waals surface area contributed by atoms with E-state index in [-0.39, 0.29) is 0 Å². The summed E-state index contributed by atoms with van der Waals surface area (Å²) in [7, 11) is 0. The lowest BCUT2D eigenvalue weighted by molar-refractivity contribution is 0.218. The molecule has 1 saturated heterocycles. The maximum Gasteiger partial charge on any atom is 0.137 e. The van der Waals surface area contributed by atoms with Crippen molar-refractivity contribution >= 4 is 0 Å². The van der Waals surface area contributed by atoms with Gasteiger partial charge in [-0.2, -0.15) is 0 Å². The van der Waals surface area contributed by atoms with Gasteiger partial charge in [0, 0.05) is 18.7 Å². The normalized spacial score (nSPS) is 21.9. The molecule has 1 atom stereocenters. The van der Waals surface area contributed by atoms with Crippen LogP contribution in [0.5, 0.6) is 5.75 Å². The molecule has 1 N–H and O–H groups in total. The molecule has 1 unspecified atom stereocenters. The molecule has 3 heteroatoms. The molecule has 0 aliphatic carbocycles. The van der Waals surface area contributed by atoms with E-state index in [1.807, 2.05) is 12.1 Å². The second-order valence-electron chi connectivity index (χ2n) is 3.71. The molecule has 0 spiro atoms. The topological polar surface area (TPSA) is 34.1 Å². The molecule has 1 aliphatic rings. The highest BCUT2D eigenvalue weighted by molar-refractivity contribution is 5.15. The Labute approximate surface area is 84.5 Å². The summed E-state index contributed by atoms with van der Waals surface area (Å²) in [5.74, 6) is 1.53. The zero-order chi connectivity index (χ0) is 9.64. The van der Waals surface area contributed by atoms with Crippen LogP contribution in [0.3, 0.4) is 0 Å². The van der Waals surface area contributed by atoms with E-state index in [9.17, 15) is 0 Å². The minimum atomic E-state index is 0.656. The summed E-state index contributed by atoms with van der Waals surface area (Å²) in [6.07, 6.45) is 6.06. The monoisotopic (exact) mass is 192 g/mol. The van der Waals surface area contributed by atoms with Crippen molar-refractivity contribution in [1.82, 2.24) is 10.3 Å². The summed E-state index contributed by atoms with van der Waals surface area (Å²) in [5, 5.41) is 3.38. The van der Waals surface area contributed by atoms with Gasteiger partial charge in [-0.3, -0.25) is 4.98 Å². The second kappa shape index (κ2) is 4.96. The highest BCUT2D eigenvalue weighted by Crippen LogP contribution is 2.13. The Kier molecular flexibility index (Phi) is 3.35. The predicted molar refractivity (Wildman–Crippen MR) is 55.3 cm³/mol. The SMILES string of the molecule is c1cncc(OCC2CCCNC2)c1. The lowest BCUT2D eigenvalue weighted by Crippen LogP contribution is -2.33. The quantitative estimate of drug-likeness (QED) is 0.787. The van der Waals surface area contributed by atoms with Crippen LogP contribution in [0, 0.1) is 5.92 Å². The first-order valence-electron chi connectivity index (χ1n) is 5.19. The van der Waals surface area contributed by atoms with Crippen molar-refractivity contribution in [1.29, 1.82) is 0 Å². The smallest absolute Gasteiger partial charge is 0.137 e. The Morgan fingerprint density at radius 2 is 2.57 bits per heavy atom. The lowest BCUT2D eigenvalue weighted by Gasteiger charge is -2.22. The van der Waals surface area contributed by atoms with Crippen LogP contribution in [0.2, 0.25) is 0 Å². The van der Waals surface area contributed by atoms with E-state index < -0.39 is 0 Å². The van der Waals surface area contributed by atoms with E-state index in [0.717, 1.165) is 25.4 Å². The average molecular weight is 192 g/mol. The Hall–Kier alpha value is -1.09. The lowest BCUT2D eigenvalue weighted by atomic mass is 10.0.